The van der Waals surface area contributed by atoms with Crippen molar-refractivity contribution >= 4 is 70.9 Å². The van der Waals surface area contributed by atoms with Gasteiger partial charge in [0.05, 0.1) is 19.1 Å². The van der Waals surface area contributed by atoms with Crippen LogP contribution in [-0.2, 0) is 71.7 Å². The van der Waals surface area contributed by atoms with Gasteiger partial charge in [-0.05, 0) is 81.0 Å². The van der Waals surface area contributed by atoms with Crippen molar-refractivity contribution in [2.75, 3.05) is 83.3 Å². The van der Waals surface area contributed by atoms with Crippen LogP contribution in [0.3, 0.4) is 0 Å². The van der Waals surface area contributed by atoms with Gasteiger partial charge in [0, 0.05) is 82.6 Å². The monoisotopic (exact) mass is 1330 g/mol. The molecule has 0 unspecified atom stereocenters. The summed E-state index contributed by atoms with van der Waals surface area (Å²) in [5.74, 6) is -10.5. The second-order valence-electron chi connectivity index (χ2n) is 27.9. The highest BCUT2D eigenvalue weighted by molar-refractivity contribution is 6.00. The van der Waals surface area contributed by atoms with Gasteiger partial charge in [0.25, 0.3) is 5.91 Å². The van der Waals surface area contributed by atoms with Crippen molar-refractivity contribution in [3.63, 3.8) is 0 Å². The molecule has 26 nitrogen and oxygen atoms in total. The number of methoxy groups -OCH3 is 2. The van der Waals surface area contributed by atoms with Crippen LogP contribution in [0.5, 0.6) is 0 Å². The second-order valence-corrected chi connectivity index (χ2v) is 27.9. The van der Waals surface area contributed by atoms with Crippen LogP contribution in [0.25, 0.3) is 0 Å². The third kappa shape index (κ3) is 20.3. The predicted octanol–water partition coefficient (Wildman–Crippen LogP) is 2.88. The van der Waals surface area contributed by atoms with E-state index < -0.39 is 191 Å². The molecule has 26 heteroatoms. The van der Waals surface area contributed by atoms with Crippen molar-refractivity contribution in [1.82, 2.24) is 55.1 Å². The van der Waals surface area contributed by atoms with Crippen molar-refractivity contribution < 1.29 is 71.7 Å². The summed E-state index contributed by atoms with van der Waals surface area (Å²) in [7, 11) is 12.5. The maximum Gasteiger partial charge on any atom is 0.311 e. The van der Waals surface area contributed by atoms with Crippen LogP contribution in [0, 0.1) is 59.7 Å². The normalized spacial score (nSPS) is 28.5. The van der Waals surface area contributed by atoms with Gasteiger partial charge < -0.3 is 69.4 Å². The highest BCUT2D eigenvalue weighted by Crippen LogP contribution is 2.28. The van der Waals surface area contributed by atoms with E-state index in [1.54, 1.807) is 90.0 Å². The molecule has 0 aromatic heterocycles. The van der Waals surface area contributed by atoms with Crippen LogP contribution in [0.2, 0.25) is 0 Å². The highest BCUT2D eigenvalue weighted by atomic mass is 16.5. The zero-order chi connectivity index (χ0) is 72.4. The second kappa shape index (κ2) is 37.4. The number of carbonyl (C=O) groups is 12. The summed E-state index contributed by atoms with van der Waals surface area (Å²) in [5.41, 5.74) is 0. The standard InChI is InChI=1S/C68H117N11O15/c1-27-29-30-32-46-44(16)68(91)94-56(42(13)14)67(90)77(23)54(41(11)12)66(89)78(24)55(43(15)28-2)59(82)71-51(38(5)6)64(87)79-34-31-33-47(79)61(84)76(22)53(40(9)10)65(88)72(18)45(17)60(83)73(19)48(35-92-25)57(80)70-50(37(3)4)63(86)74(20)49(36-93-26)62(85)75(21)52(39(7)8)58(81)69-46/h1,37-56H,28-36H2,2-26H3,(H,69,81)(H,70,80)(H,71,82)/t43-,44-,45-,46-,47-,48-,49-,50-,51-,52-,53-,54-,55-,56+/m0/s1. The van der Waals surface area contributed by atoms with Gasteiger partial charge in [-0.3, -0.25) is 57.5 Å². The summed E-state index contributed by atoms with van der Waals surface area (Å²) in [5, 5.41) is 8.70. The van der Waals surface area contributed by atoms with Crippen molar-refractivity contribution in [3.05, 3.63) is 0 Å². The van der Waals surface area contributed by atoms with E-state index in [2.05, 4.69) is 21.9 Å². The number of ether oxygens (including phenoxy) is 3. The molecule has 0 radical (unpaired) electrons. The van der Waals surface area contributed by atoms with Crippen LogP contribution < -0.4 is 16.0 Å². The molecule has 534 valence electrons. The zero-order valence-corrected chi connectivity index (χ0v) is 61.2. The number of esters is 1. The van der Waals surface area contributed by atoms with Crippen molar-refractivity contribution in [1.29, 1.82) is 0 Å². The average Bonchev–Trinajstić information content (AvgIpc) is 1.28. The third-order valence-electron chi connectivity index (χ3n) is 18.8. The van der Waals surface area contributed by atoms with Crippen LogP contribution in [0.4, 0.5) is 0 Å². The Hall–Kier alpha value is -6.88. The molecule has 2 heterocycles. The fourth-order valence-corrected chi connectivity index (χ4v) is 12.6. The van der Waals surface area contributed by atoms with Crippen molar-refractivity contribution in [2.24, 2.45) is 47.3 Å². The van der Waals surface area contributed by atoms with E-state index in [1.165, 1.54) is 107 Å². The Morgan fingerprint density at radius 1 is 0.500 bits per heavy atom. The van der Waals surface area contributed by atoms with E-state index in [1.807, 2.05) is 6.92 Å². The third-order valence-corrected chi connectivity index (χ3v) is 18.8. The Bertz CT molecular complexity index is 2680. The largest absolute Gasteiger partial charge is 0.452 e. The number of rotatable bonds is 15. The Kier molecular flexibility index (Phi) is 33.1. The quantitative estimate of drug-likeness (QED) is 0.121. The molecule has 2 saturated heterocycles. The molecular weight excluding hydrogens is 1210 g/mol. The summed E-state index contributed by atoms with van der Waals surface area (Å²) in [4.78, 5) is 187. The maximum atomic E-state index is 15.1. The molecule has 0 aliphatic carbocycles. The molecule has 2 aliphatic rings. The fourth-order valence-electron chi connectivity index (χ4n) is 12.6. The molecule has 0 aromatic rings. The number of likely N-dealkylation sites (N-methyl/N-ethyl adjacent to an activating group) is 7. The molecule has 0 spiro atoms. The van der Waals surface area contributed by atoms with Crippen LogP contribution in [0.15, 0.2) is 0 Å². The van der Waals surface area contributed by atoms with Crippen LogP contribution in [-0.4, -0.2) is 266 Å². The number of hydrogen-bond donors (Lipinski definition) is 3. The zero-order valence-electron chi connectivity index (χ0n) is 61.2. The van der Waals surface area contributed by atoms with Crippen LogP contribution >= 0.6 is 0 Å². The van der Waals surface area contributed by atoms with Crippen LogP contribution in [0.1, 0.15) is 149 Å². The Morgan fingerprint density at radius 3 is 1.43 bits per heavy atom. The molecule has 3 N–H and O–H groups in total. The molecule has 14 atom stereocenters. The average molecular weight is 1330 g/mol. The first-order chi connectivity index (χ1) is 43.7. The first kappa shape index (κ1) is 83.2. The number of hydrogen-bond acceptors (Lipinski definition) is 15. The molecule has 94 heavy (non-hydrogen) atoms. The van der Waals surface area contributed by atoms with E-state index in [-0.39, 0.29) is 39.0 Å². The number of cyclic esters (lactones) is 1. The molecule has 0 bridgehead atoms. The maximum absolute atomic E-state index is 15.1. The molecule has 11 amide bonds. The highest BCUT2D eigenvalue weighted by Gasteiger charge is 2.48. The summed E-state index contributed by atoms with van der Waals surface area (Å²) < 4.78 is 17.1. The van der Waals surface area contributed by atoms with E-state index in [4.69, 9.17) is 20.6 Å². The van der Waals surface area contributed by atoms with Gasteiger partial charge in [-0.1, -0.05) is 103 Å². The van der Waals surface area contributed by atoms with E-state index >= 15 is 4.79 Å². The predicted molar refractivity (Wildman–Crippen MR) is 356 cm³/mol. The first-order valence-electron chi connectivity index (χ1n) is 33.4. The van der Waals surface area contributed by atoms with Gasteiger partial charge in [-0.15, -0.1) is 12.3 Å². The number of carbonyl (C=O) groups excluding carboxylic acids is 12. The molecule has 0 saturated carbocycles. The Morgan fingerprint density at radius 2 is 0.947 bits per heavy atom. The number of unbranched alkanes of at least 4 members (excludes halogenated alkanes) is 1. The summed E-state index contributed by atoms with van der Waals surface area (Å²) in [6.07, 6.45) is 6.11. The number of amides is 11. The smallest absolute Gasteiger partial charge is 0.311 e. The molecule has 2 rings (SSSR count). The van der Waals surface area contributed by atoms with E-state index in [0.29, 0.717) is 19.3 Å². The van der Waals surface area contributed by atoms with Gasteiger partial charge >= 0.3 is 5.97 Å². The van der Waals surface area contributed by atoms with E-state index in [0.717, 1.165) is 9.80 Å². The molecule has 0 aromatic carbocycles. The molecular formula is C68H117N11O15. The minimum Gasteiger partial charge on any atom is -0.452 e. The molecule has 2 fully saturated rings. The van der Waals surface area contributed by atoms with Gasteiger partial charge in [0.1, 0.15) is 60.4 Å². The van der Waals surface area contributed by atoms with Gasteiger partial charge in [0.2, 0.25) is 59.1 Å². The van der Waals surface area contributed by atoms with Gasteiger partial charge in [-0.25, -0.2) is 0 Å². The minimum absolute atomic E-state index is 0.155. The topological polar surface area (TPSA) is 295 Å². The minimum atomic E-state index is -1.44. The molecule has 2 aliphatic heterocycles. The Labute approximate surface area is 560 Å². The summed E-state index contributed by atoms with van der Waals surface area (Å²) in [6, 6.07) is -13.2. The van der Waals surface area contributed by atoms with Gasteiger partial charge in [0.15, 0.2) is 6.10 Å². The fraction of sp³-hybridized carbons (Fsp3) is 0.794. The van der Waals surface area contributed by atoms with Crippen molar-refractivity contribution in [3.8, 4) is 12.3 Å². The SMILES string of the molecule is C#CCCC[C@@H]1NC(=O)[C@H](C(C)C)N(C)C(=O)[C@H](COC)N(C)C(=O)[C@H](C(C)C)NC(=O)[C@H](COC)N(C)C(=O)[C@H](C)N(C)C(=O)[C@H](C(C)C)N(C)C(=O)[C@@H]2CCCN2C(=O)[C@H](C(C)C)NC(=O)[C@H]([C@@H](C)CC)N(C)C(=O)[C@H](C(C)C)N(C)C(=O)[C@@H](C(C)C)OC(=O)[C@H]1C. The Balaban J connectivity index is 3.01. The first-order valence-corrected chi connectivity index (χ1v) is 33.4. The lowest BCUT2D eigenvalue weighted by Crippen LogP contribution is -2.63. The number of nitrogens with zero attached hydrogens (tertiary/aromatic N) is 8. The lowest BCUT2D eigenvalue weighted by atomic mass is 9.93. The lowest BCUT2D eigenvalue weighted by Gasteiger charge is -2.40. The summed E-state index contributed by atoms with van der Waals surface area (Å²) in [6.45, 7) is 26.7. The number of fused-ring (bicyclic) bond motifs is 1. The number of nitrogens with one attached hydrogen (secondary N) is 3. The van der Waals surface area contributed by atoms with Gasteiger partial charge in [-0.2, -0.15) is 0 Å². The number of terminal acetylenes is 1. The van der Waals surface area contributed by atoms with Crippen molar-refractivity contribution in [2.45, 2.75) is 222 Å². The lowest BCUT2D eigenvalue weighted by molar-refractivity contribution is -0.169. The van der Waals surface area contributed by atoms with E-state index in [9.17, 15) is 52.7 Å². The summed E-state index contributed by atoms with van der Waals surface area (Å²) >= 11 is 0.